The Bertz CT molecular complexity index is 625. The van der Waals surface area contributed by atoms with E-state index in [0.717, 1.165) is 30.8 Å². The molecule has 1 N–H and O–H groups in total. The lowest BCUT2D eigenvalue weighted by molar-refractivity contribution is 0.258. The van der Waals surface area contributed by atoms with Crippen LogP contribution in [0.25, 0.3) is 0 Å². The van der Waals surface area contributed by atoms with Gasteiger partial charge in [-0.25, -0.2) is 4.99 Å². The van der Waals surface area contributed by atoms with Crippen molar-refractivity contribution in [2.45, 2.75) is 19.2 Å². The number of amidine groups is 1. The highest BCUT2D eigenvalue weighted by Crippen LogP contribution is 2.15. The molecule has 0 spiro atoms. The van der Waals surface area contributed by atoms with Crippen LogP contribution < -0.4 is 5.32 Å². The van der Waals surface area contributed by atoms with E-state index in [4.69, 9.17) is 0 Å². The van der Waals surface area contributed by atoms with Crippen molar-refractivity contribution in [1.82, 2.24) is 15.2 Å². The van der Waals surface area contributed by atoms with Gasteiger partial charge in [-0.15, -0.1) is 0 Å². The van der Waals surface area contributed by atoms with Gasteiger partial charge in [-0.1, -0.05) is 47.7 Å². The lowest BCUT2D eigenvalue weighted by Gasteiger charge is -2.26. The first-order valence-corrected chi connectivity index (χ1v) is 8.36. The summed E-state index contributed by atoms with van der Waals surface area (Å²) in [4.78, 5) is 11.0. The summed E-state index contributed by atoms with van der Waals surface area (Å²) in [5, 5.41) is 4.42. The van der Waals surface area contributed by atoms with Gasteiger partial charge in [-0.2, -0.15) is 0 Å². The SMILES string of the molecule is Cc1ccc(CSC2=NCN(Cc3cccnc3)CN2)cc1. The Labute approximate surface area is 135 Å². The molecule has 1 aliphatic heterocycles. The van der Waals surface area contributed by atoms with Gasteiger partial charge in [0.1, 0.15) is 0 Å². The third-order valence-corrected chi connectivity index (χ3v) is 4.52. The van der Waals surface area contributed by atoms with Gasteiger partial charge in [0.25, 0.3) is 0 Å². The van der Waals surface area contributed by atoms with Gasteiger partial charge in [-0.3, -0.25) is 9.88 Å². The van der Waals surface area contributed by atoms with E-state index in [1.54, 1.807) is 18.0 Å². The summed E-state index contributed by atoms with van der Waals surface area (Å²) in [6.07, 6.45) is 3.71. The van der Waals surface area contributed by atoms with Crippen LogP contribution in [-0.2, 0) is 12.3 Å². The van der Waals surface area contributed by atoms with Crippen LogP contribution in [0.3, 0.4) is 0 Å². The Morgan fingerprint density at radius 3 is 2.73 bits per heavy atom. The quantitative estimate of drug-likeness (QED) is 0.942. The van der Waals surface area contributed by atoms with Crippen molar-refractivity contribution in [3.8, 4) is 0 Å². The van der Waals surface area contributed by atoms with E-state index in [2.05, 4.69) is 57.4 Å². The molecule has 0 atom stereocenters. The van der Waals surface area contributed by atoms with Crippen LogP contribution in [0, 0.1) is 6.92 Å². The minimum Gasteiger partial charge on any atom is -0.352 e. The molecule has 22 heavy (non-hydrogen) atoms. The number of aryl methyl sites for hydroxylation is 1. The van der Waals surface area contributed by atoms with Crippen LogP contribution in [0.15, 0.2) is 53.8 Å². The van der Waals surface area contributed by atoms with Gasteiger partial charge in [0.05, 0.1) is 13.3 Å². The number of benzene rings is 1. The zero-order chi connectivity index (χ0) is 15.2. The van der Waals surface area contributed by atoms with Crippen LogP contribution in [0.4, 0.5) is 0 Å². The Kier molecular flexibility index (Phi) is 5.08. The van der Waals surface area contributed by atoms with E-state index < -0.39 is 0 Å². The Balaban J connectivity index is 1.48. The molecule has 1 aliphatic rings. The molecular weight excluding hydrogens is 292 g/mol. The molecule has 1 aromatic carbocycles. The first-order chi connectivity index (χ1) is 10.8. The van der Waals surface area contributed by atoms with Crippen LogP contribution in [0.1, 0.15) is 16.7 Å². The van der Waals surface area contributed by atoms with E-state index in [-0.39, 0.29) is 0 Å². The van der Waals surface area contributed by atoms with Crippen LogP contribution in [0.2, 0.25) is 0 Å². The van der Waals surface area contributed by atoms with Crippen molar-refractivity contribution in [2.24, 2.45) is 4.99 Å². The van der Waals surface area contributed by atoms with Crippen molar-refractivity contribution < 1.29 is 0 Å². The number of hydrogen-bond donors (Lipinski definition) is 1. The second kappa shape index (κ2) is 7.42. The number of nitrogens with zero attached hydrogens (tertiary/aromatic N) is 3. The second-order valence-electron chi connectivity index (χ2n) is 5.40. The molecule has 0 saturated carbocycles. The highest BCUT2D eigenvalue weighted by molar-refractivity contribution is 8.13. The normalized spacial score (nSPS) is 15.2. The zero-order valence-corrected chi connectivity index (χ0v) is 13.5. The Morgan fingerprint density at radius 2 is 2.05 bits per heavy atom. The number of pyridine rings is 1. The summed E-state index contributed by atoms with van der Waals surface area (Å²) in [6, 6.07) is 12.7. The van der Waals surface area contributed by atoms with Crippen LogP contribution >= 0.6 is 11.8 Å². The molecule has 114 valence electrons. The molecular formula is C17H20N4S. The molecule has 4 nitrogen and oxygen atoms in total. The number of nitrogens with one attached hydrogen (secondary N) is 1. The smallest absolute Gasteiger partial charge is 0.159 e. The number of thioether (sulfide) groups is 1. The maximum Gasteiger partial charge on any atom is 0.159 e. The Hall–Kier alpha value is -1.85. The largest absolute Gasteiger partial charge is 0.352 e. The zero-order valence-electron chi connectivity index (χ0n) is 12.7. The van der Waals surface area contributed by atoms with Gasteiger partial charge in [0.15, 0.2) is 5.17 Å². The second-order valence-corrected chi connectivity index (χ2v) is 6.37. The summed E-state index contributed by atoms with van der Waals surface area (Å²) in [5.74, 6) is 0.953. The summed E-state index contributed by atoms with van der Waals surface area (Å²) < 4.78 is 0. The van der Waals surface area contributed by atoms with Gasteiger partial charge in [0.2, 0.25) is 0 Å². The molecule has 2 heterocycles. The fraction of sp³-hybridized carbons (Fsp3) is 0.294. The molecule has 2 aromatic rings. The summed E-state index contributed by atoms with van der Waals surface area (Å²) in [7, 11) is 0. The van der Waals surface area contributed by atoms with Crippen LogP contribution in [-0.4, -0.2) is 28.4 Å². The fourth-order valence-corrected chi connectivity index (χ4v) is 3.05. The van der Waals surface area contributed by atoms with Crippen LogP contribution in [0.5, 0.6) is 0 Å². The summed E-state index contributed by atoms with van der Waals surface area (Å²) >= 11 is 1.76. The molecule has 0 aliphatic carbocycles. The fourth-order valence-electron chi connectivity index (χ4n) is 2.24. The predicted molar refractivity (Wildman–Crippen MR) is 92.6 cm³/mol. The molecule has 5 heteroatoms. The molecule has 3 rings (SSSR count). The minimum atomic E-state index is 0.734. The molecule has 0 unspecified atom stereocenters. The van der Waals surface area contributed by atoms with Crippen molar-refractivity contribution in [3.63, 3.8) is 0 Å². The third kappa shape index (κ3) is 4.32. The van der Waals surface area contributed by atoms with Crippen molar-refractivity contribution in [1.29, 1.82) is 0 Å². The van der Waals surface area contributed by atoms with E-state index in [0.29, 0.717) is 0 Å². The Morgan fingerprint density at radius 1 is 1.18 bits per heavy atom. The highest BCUT2D eigenvalue weighted by atomic mass is 32.2. The highest BCUT2D eigenvalue weighted by Gasteiger charge is 2.12. The number of aliphatic imine (C=N–C) groups is 1. The van der Waals surface area contributed by atoms with Crippen molar-refractivity contribution in [3.05, 3.63) is 65.5 Å². The molecule has 0 fully saturated rings. The molecule has 0 bridgehead atoms. The number of hydrogen-bond acceptors (Lipinski definition) is 5. The molecule has 0 amide bonds. The first-order valence-electron chi connectivity index (χ1n) is 7.37. The predicted octanol–water partition coefficient (Wildman–Crippen LogP) is 3.00. The van der Waals surface area contributed by atoms with Crippen molar-refractivity contribution in [2.75, 3.05) is 13.3 Å². The van der Waals surface area contributed by atoms with Gasteiger partial charge < -0.3 is 5.32 Å². The molecule has 1 aromatic heterocycles. The number of aromatic nitrogens is 1. The summed E-state index contributed by atoms with van der Waals surface area (Å²) in [6.45, 7) is 4.55. The lowest BCUT2D eigenvalue weighted by Crippen LogP contribution is -2.41. The topological polar surface area (TPSA) is 40.5 Å². The van der Waals surface area contributed by atoms with Crippen molar-refractivity contribution >= 4 is 16.9 Å². The number of rotatable bonds is 4. The van der Waals surface area contributed by atoms with E-state index in [1.165, 1.54) is 16.7 Å². The monoisotopic (exact) mass is 312 g/mol. The van der Waals surface area contributed by atoms with Gasteiger partial charge in [0, 0.05) is 24.7 Å². The maximum absolute atomic E-state index is 4.61. The average molecular weight is 312 g/mol. The third-order valence-electron chi connectivity index (χ3n) is 3.49. The van der Waals surface area contributed by atoms with Gasteiger partial charge in [-0.05, 0) is 24.1 Å². The van der Waals surface area contributed by atoms with E-state index in [9.17, 15) is 0 Å². The first kappa shape index (κ1) is 15.1. The van der Waals surface area contributed by atoms with E-state index >= 15 is 0 Å². The standard InChI is InChI=1S/C17H20N4S/c1-14-4-6-15(7-5-14)11-22-17-19-12-21(13-20-17)10-16-3-2-8-18-9-16/h2-9H,10-13H2,1H3,(H,19,20). The maximum atomic E-state index is 4.61. The summed E-state index contributed by atoms with van der Waals surface area (Å²) in [5.41, 5.74) is 3.85. The minimum absolute atomic E-state index is 0.734. The average Bonchev–Trinajstić information content (AvgIpc) is 2.57. The molecule has 0 saturated heterocycles. The lowest BCUT2D eigenvalue weighted by atomic mass is 10.2. The van der Waals surface area contributed by atoms with E-state index in [1.807, 2.05) is 12.3 Å². The molecule has 0 radical (unpaired) electrons. The van der Waals surface area contributed by atoms with Gasteiger partial charge >= 0.3 is 0 Å².